The fourth-order valence-electron chi connectivity index (χ4n) is 1.07. The molecule has 13 heavy (non-hydrogen) atoms. The van der Waals surface area contributed by atoms with E-state index in [2.05, 4.69) is 9.97 Å². The van der Waals surface area contributed by atoms with E-state index in [1.165, 1.54) is 0 Å². The van der Waals surface area contributed by atoms with Gasteiger partial charge < -0.3 is 4.98 Å². The molecule has 0 aromatic carbocycles. The Balaban J connectivity index is 2.37. The van der Waals surface area contributed by atoms with Crippen LogP contribution in [0.3, 0.4) is 0 Å². The number of H-pyrrole nitrogens is 1. The van der Waals surface area contributed by atoms with Gasteiger partial charge in [0.25, 0.3) is 5.76 Å². The zero-order valence-corrected chi connectivity index (χ0v) is 7.31. The number of thioether (sulfide) groups is 1. The standard InChI is InChI=1S/C8H6F2N2S/c9-8(10)13-6-2-1-5-3-4-11-7(5)12-6/h1-4,8H,(H,11,12). The summed E-state index contributed by atoms with van der Waals surface area (Å²) in [6.45, 7) is 0. The van der Waals surface area contributed by atoms with Crippen LogP contribution in [-0.2, 0) is 0 Å². The van der Waals surface area contributed by atoms with Gasteiger partial charge in [0.2, 0.25) is 0 Å². The summed E-state index contributed by atoms with van der Waals surface area (Å²) in [5.41, 5.74) is 0.644. The number of nitrogens with zero attached hydrogens (tertiary/aromatic N) is 1. The average Bonchev–Trinajstić information content (AvgIpc) is 2.49. The molecule has 0 unspecified atom stereocenters. The third-order valence-electron chi connectivity index (χ3n) is 1.59. The molecular formula is C8H6F2N2S. The maximum atomic E-state index is 12.0. The first kappa shape index (κ1) is 8.50. The van der Waals surface area contributed by atoms with Gasteiger partial charge in [-0.15, -0.1) is 0 Å². The van der Waals surface area contributed by atoms with E-state index >= 15 is 0 Å². The first-order valence-corrected chi connectivity index (χ1v) is 4.52. The number of fused-ring (bicyclic) bond motifs is 1. The lowest BCUT2D eigenvalue weighted by Gasteiger charge is -1.97. The van der Waals surface area contributed by atoms with E-state index in [1.807, 2.05) is 6.07 Å². The highest BCUT2D eigenvalue weighted by molar-refractivity contribution is 7.99. The highest BCUT2D eigenvalue weighted by Crippen LogP contribution is 2.24. The van der Waals surface area contributed by atoms with Crippen LogP contribution in [0.25, 0.3) is 11.0 Å². The van der Waals surface area contributed by atoms with Crippen molar-refractivity contribution in [2.24, 2.45) is 0 Å². The number of aromatic nitrogens is 2. The van der Waals surface area contributed by atoms with Gasteiger partial charge in [0.15, 0.2) is 0 Å². The van der Waals surface area contributed by atoms with Gasteiger partial charge >= 0.3 is 0 Å². The molecule has 0 atom stereocenters. The predicted octanol–water partition coefficient (Wildman–Crippen LogP) is 2.88. The quantitative estimate of drug-likeness (QED) is 0.755. The van der Waals surface area contributed by atoms with Crippen molar-refractivity contribution in [2.75, 3.05) is 0 Å². The molecule has 2 aromatic heterocycles. The molecule has 0 saturated heterocycles. The molecule has 0 aliphatic rings. The Hall–Kier alpha value is -1.10. The van der Waals surface area contributed by atoms with Gasteiger partial charge in [-0.05, 0) is 30.0 Å². The Labute approximate surface area is 77.4 Å². The van der Waals surface area contributed by atoms with Crippen molar-refractivity contribution < 1.29 is 8.78 Å². The first-order valence-electron chi connectivity index (χ1n) is 3.64. The summed E-state index contributed by atoms with van der Waals surface area (Å²) >= 11 is 0.452. The second kappa shape index (κ2) is 3.33. The van der Waals surface area contributed by atoms with E-state index in [1.54, 1.807) is 18.3 Å². The summed E-state index contributed by atoms with van der Waals surface area (Å²) in [4.78, 5) is 6.87. The van der Waals surface area contributed by atoms with Gasteiger partial charge in [-0.25, -0.2) is 4.98 Å². The molecule has 5 heteroatoms. The predicted molar refractivity (Wildman–Crippen MR) is 48.0 cm³/mol. The molecule has 0 spiro atoms. The van der Waals surface area contributed by atoms with Gasteiger partial charge in [-0.2, -0.15) is 8.78 Å². The van der Waals surface area contributed by atoms with Crippen molar-refractivity contribution in [1.82, 2.24) is 9.97 Å². The largest absolute Gasteiger partial charge is 0.346 e. The van der Waals surface area contributed by atoms with Crippen LogP contribution in [0.2, 0.25) is 0 Å². The van der Waals surface area contributed by atoms with E-state index in [-0.39, 0.29) is 0 Å². The van der Waals surface area contributed by atoms with Crippen molar-refractivity contribution in [3.05, 3.63) is 24.4 Å². The molecule has 0 aliphatic carbocycles. The topological polar surface area (TPSA) is 28.7 Å². The summed E-state index contributed by atoms with van der Waals surface area (Å²) in [5, 5.41) is 1.27. The minimum absolute atomic E-state index is 0.338. The van der Waals surface area contributed by atoms with Gasteiger partial charge in [0, 0.05) is 11.6 Å². The maximum absolute atomic E-state index is 12.0. The third kappa shape index (κ3) is 1.80. The zero-order valence-electron chi connectivity index (χ0n) is 6.50. The van der Waals surface area contributed by atoms with Crippen LogP contribution in [0.15, 0.2) is 29.4 Å². The first-order chi connectivity index (χ1) is 6.25. The second-order valence-corrected chi connectivity index (χ2v) is 3.45. The van der Waals surface area contributed by atoms with E-state index in [9.17, 15) is 8.78 Å². The fraction of sp³-hybridized carbons (Fsp3) is 0.125. The Morgan fingerprint density at radius 3 is 2.92 bits per heavy atom. The normalized spacial score (nSPS) is 11.3. The van der Waals surface area contributed by atoms with Gasteiger partial charge in [-0.1, -0.05) is 0 Å². The minimum Gasteiger partial charge on any atom is -0.346 e. The maximum Gasteiger partial charge on any atom is 0.290 e. The molecule has 0 aliphatic heterocycles. The van der Waals surface area contributed by atoms with E-state index in [0.29, 0.717) is 22.4 Å². The molecule has 68 valence electrons. The lowest BCUT2D eigenvalue weighted by molar-refractivity contribution is 0.252. The lowest BCUT2D eigenvalue weighted by Crippen LogP contribution is -1.85. The molecule has 0 fully saturated rings. The Morgan fingerprint density at radius 2 is 2.15 bits per heavy atom. The van der Waals surface area contributed by atoms with Crippen molar-refractivity contribution in [3.63, 3.8) is 0 Å². The Bertz CT molecular complexity index is 413. The number of hydrogen-bond acceptors (Lipinski definition) is 2. The summed E-state index contributed by atoms with van der Waals surface area (Å²) in [5.74, 6) is -2.42. The number of pyridine rings is 1. The van der Waals surface area contributed by atoms with Gasteiger partial charge in [0.1, 0.15) is 10.7 Å². The Kier molecular flexibility index (Phi) is 2.18. The Morgan fingerprint density at radius 1 is 1.31 bits per heavy atom. The lowest BCUT2D eigenvalue weighted by atomic mass is 10.3. The summed E-state index contributed by atoms with van der Waals surface area (Å²) in [6.07, 6.45) is 1.73. The molecule has 0 amide bonds. The van der Waals surface area contributed by atoms with E-state index < -0.39 is 5.76 Å². The fourth-order valence-corrected chi connectivity index (χ4v) is 1.54. The highest BCUT2D eigenvalue weighted by atomic mass is 32.2. The smallest absolute Gasteiger partial charge is 0.290 e. The molecule has 2 nitrogen and oxygen atoms in total. The van der Waals surface area contributed by atoms with Crippen molar-refractivity contribution in [1.29, 1.82) is 0 Å². The summed E-state index contributed by atoms with van der Waals surface area (Å²) < 4.78 is 23.9. The van der Waals surface area contributed by atoms with E-state index in [0.717, 1.165) is 5.39 Å². The van der Waals surface area contributed by atoms with Crippen molar-refractivity contribution >= 4 is 22.8 Å². The van der Waals surface area contributed by atoms with Crippen LogP contribution >= 0.6 is 11.8 Å². The third-order valence-corrected chi connectivity index (χ3v) is 2.24. The van der Waals surface area contributed by atoms with Gasteiger partial charge in [0.05, 0.1) is 0 Å². The average molecular weight is 200 g/mol. The monoisotopic (exact) mass is 200 g/mol. The molecule has 0 bridgehead atoms. The van der Waals surface area contributed by atoms with Crippen molar-refractivity contribution in [2.45, 2.75) is 10.8 Å². The van der Waals surface area contributed by atoms with Crippen LogP contribution in [-0.4, -0.2) is 15.7 Å². The van der Waals surface area contributed by atoms with Crippen LogP contribution in [0.1, 0.15) is 0 Å². The SMILES string of the molecule is FC(F)Sc1ccc2cc[nH]c2n1. The molecule has 2 heterocycles. The number of halogens is 2. The summed E-state index contributed by atoms with van der Waals surface area (Å²) in [7, 11) is 0. The zero-order chi connectivity index (χ0) is 9.26. The van der Waals surface area contributed by atoms with Crippen molar-refractivity contribution in [3.8, 4) is 0 Å². The number of alkyl halides is 2. The molecule has 1 N–H and O–H groups in total. The number of rotatable bonds is 2. The summed E-state index contributed by atoms with van der Waals surface area (Å²) in [6, 6.07) is 5.20. The molecule has 0 saturated carbocycles. The molecular weight excluding hydrogens is 194 g/mol. The van der Waals surface area contributed by atoms with Crippen LogP contribution in [0.5, 0.6) is 0 Å². The molecule has 2 rings (SSSR count). The van der Waals surface area contributed by atoms with Crippen LogP contribution in [0.4, 0.5) is 8.78 Å². The highest BCUT2D eigenvalue weighted by Gasteiger charge is 2.06. The molecule has 2 aromatic rings. The van der Waals surface area contributed by atoms with E-state index in [4.69, 9.17) is 0 Å². The number of nitrogens with one attached hydrogen (secondary N) is 1. The second-order valence-electron chi connectivity index (χ2n) is 2.44. The van der Waals surface area contributed by atoms with Crippen LogP contribution in [0, 0.1) is 0 Å². The minimum atomic E-state index is -2.42. The number of hydrogen-bond donors (Lipinski definition) is 1. The van der Waals surface area contributed by atoms with Crippen LogP contribution < -0.4 is 0 Å². The number of aromatic amines is 1. The molecule has 0 radical (unpaired) electrons. The van der Waals surface area contributed by atoms with Gasteiger partial charge in [-0.3, -0.25) is 0 Å².